The zero-order valence-corrected chi connectivity index (χ0v) is 12.4. The third kappa shape index (κ3) is 3.45. The van der Waals surface area contributed by atoms with Gasteiger partial charge in [0.1, 0.15) is 18.2 Å². The largest absolute Gasteiger partial charge is 0.491 e. The Labute approximate surface area is 131 Å². The zero-order valence-electron chi connectivity index (χ0n) is 12.4. The van der Waals surface area contributed by atoms with Gasteiger partial charge in [0, 0.05) is 30.9 Å². The molecule has 0 aliphatic heterocycles. The van der Waals surface area contributed by atoms with Gasteiger partial charge < -0.3 is 14.5 Å². The van der Waals surface area contributed by atoms with Gasteiger partial charge in [0.2, 0.25) is 0 Å². The van der Waals surface area contributed by atoms with E-state index in [1.54, 1.807) is 42.0 Å². The zero-order chi connectivity index (χ0) is 16.2. The van der Waals surface area contributed by atoms with Crippen LogP contribution in [0.4, 0.5) is 4.39 Å². The van der Waals surface area contributed by atoms with Crippen molar-refractivity contribution in [2.75, 3.05) is 6.61 Å². The average Bonchev–Trinajstić information content (AvgIpc) is 3.01. The van der Waals surface area contributed by atoms with Gasteiger partial charge in [-0.2, -0.15) is 0 Å². The Kier molecular flexibility index (Phi) is 4.18. The lowest BCUT2D eigenvalue weighted by atomic mass is 10.3. The highest BCUT2D eigenvalue weighted by molar-refractivity contribution is 5.97. The summed E-state index contributed by atoms with van der Waals surface area (Å²) < 4.78 is 20.3. The summed E-state index contributed by atoms with van der Waals surface area (Å²) >= 11 is 0. The van der Waals surface area contributed by atoms with Crippen molar-refractivity contribution in [1.82, 2.24) is 19.7 Å². The van der Waals surface area contributed by atoms with E-state index in [1.807, 2.05) is 0 Å². The molecule has 3 aromatic rings. The third-order valence-corrected chi connectivity index (χ3v) is 3.20. The van der Waals surface area contributed by atoms with E-state index in [4.69, 9.17) is 4.74 Å². The van der Waals surface area contributed by atoms with Gasteiger partial charge in [0.05, 0.1) is 6.04 Å². The van der Waals surface area contributed by atoms with E-state index in [2.05, 4.69) is 15.3 Å². The molecule has 2 aromatic heterocycles. The Morgan fingerprint density at radius 2 is 2.13 bits per heavy atom. The number of nitrogens with one attached hydrogen (secondary N) is 1. The maximum absolute atomic E-state index is 13.1. The number of amides is 1. The molecule has 2 heterocycles. The first-order chi connectivity index (χ1) is 11.1. The Morgan fingerprint density at radius 1 is 1.35 bits per heavy atom. The van der Waals surface area contributed by atoms with E-state index in [1.165, 1.54) is 18.3 Å². The quantitative estimate of drug-likeness (QED) is 0.783. The molecule has 1 atom stereocenters. The van der Waals surface area contributed by atoms with Gasteiger partial charge in [-0.05, 0) is 19.1 Å². The van der Waals surface area contributed by atoms with E-state index in [-0.39, 0.29) is 30.1 Å². The number of halogens is 1. The first-order valence-corrected chi connectivity index (χ1v) is 7.10. The number of hydrogen-bond donors (Lipinski definition) is 1. The van der Waals surface area contributed by atoms with Gasteiger partial charge >= 0.3 is 0 Å². The molecule has 23 heavy (non-hydrogen) atoms. The molecule has 0 aliphatic rings. The van der Waals surface area contributed by atoms with Crippen LogP contribution in [0, 0.1) is 5.82 Å². The highest BCUT2D eigenvalue weighted by Crippen LogP contribution is 2.12. The fourth-order valence-corrected chi connectivity index (χ4v) is 2.13. The van der Waals surface area contributed by atoms with Crippen molar-refractivity contribution in [2.24, 2.45) is 0 Å². The molecule has 7 heteroatoms. The number of rotatable bonds is 5. The van der Waals surface area contributed by atoms with E-state index < -0.39 is 0 Å². The van der Waals surface area contributed by atoms with Crippen LogP contribution in [0.5, 0.6) is 5.75 Å². The number of benzene rings is 1. The second-order valence-corrected chi connectivity index (χ2v) is 5.08. The molecule has 0 saturated carbocycles. The molecule has 1 N–H and O–H groups in total. The maximum Gasteiger partial charge on any atom is 0.274 e. The normalized spacial score (nSPS) is 12.1. The molecule has 0 saturated heterocycles. The standard InChI is InChI=1S/C16H15FN4O2/c1-11(10-23-13-4-2-3-12(17)9-13)20-16(22)14-15-19-6-8-21(15)7-5-18-14/h2-9,11H,10H2,1H3,(H,20,22)/t11-/m0/s1. The molecule has 0 radical (unpaired) electrons. The Bertz CT molecular complexity index is 834. The molecule has 0 aliphatic carbocycles. The maximum atomic E-state index is 13.1. The van der Waals surface area contributed by atoms with Crippen LogP contribution in [0.25, 0.3) is 5.65 Å². The van der Waals surface area contributed by atoms with Crippen molar-refractivity contribution in [1.29, 1.82) is 0 Å². The number of carbonyl (C=O) groups excluding carboxylic acids is 1. The van der Waals surface area contributed by atoms with Crippen LogP contribution in [-0.2, 0) is 0 Å². The van der Waals surface area contributed by atoms with Crippen LogP contribution >= 0.6 is 0 Å². The van der Waals surface area contributed by atoms with Crippen molar-refractivity contribution in [3.63, 3.8) is 0 Å². The molecular formula is C16H15FN4O2. The number of carbonyl (C=O) groups is 1. The first kappa shape index (κ1) is 15.0. The smallest absolute Gasteiger partial charge is 0.274 e. The molecular weight excluding hydrogens is 299 g/mol. The molecule has 118 valence electrons. The predicted molar refractivity (Wildman–Crippen MR) is 81.8 cm³/mol. The summed E-state index contributed by atoms with van der Waals surface area (Å²) in [4.78, 5) is 20.5. The van der Waals surface area contributed by atoms with Crippen LogP contribution in [0.2, 0.25) is 0 Å². The minimum Gasteiger partial charge on any atom is -0.491 e. The summed E-state index contributed by atoms with van der Waals surface area (Å²) in [5, 5.41) is 2.79. The molecule has 1 aromatic carbocycles. The average molecular weight is 314 g/mol. The molecule has 1 amide bonds. The summed E-state index contributed by atoms with van der Waals surface area (Å²) in [6, 6.07) is 5.58. The number of ether oxygens (including phenoxy) is 1. The lowest BCUT2D eigenvalue weighted by Gasteiger charge is -2.15. The summed E-state index contributed by atoms with van der Waals surface area (Å²) in [6.45, 7) is 2.01. The van der Waals surface area contributed by atoms with Crippen molar-refractivity contribution in [3.8, 4) is 5.75 Å². The fraction of sp³-hybridized carbons (Fsp3) is 0.188. The Balaban J connectivity index is 1.62. The van der Waals surface area contributed by atoms with Gasteiger partial charge in [-0.1, -0.05) is 6.07 Å². The van der Waals surface area contributed by atoms with E-state index in [0.29, 0.717) is 11.4 Å². The van der Waals surface area contributed by atoms with Gasteiger partial charge in [-0.3, -0.25) is 4.79 Å². The predicted octanol–water partition coefficient (Wildman–Crippen LogP) is 2.07. The van der Waals surface area contributed by atoms with Gasteiger partial charge in [-0.15, -0.1) is 0 Å². The molecule has 0 bridgehead atoms. The molecule has 6 nitrogen and oxygen atoms in total. The minimum absolute atomic E-state index is 0.215. The van der Waals surface area contributed by atoms with Gasteiger partial charge in [0.15, 0.2) is 11.3 Å². The Morgan fingerprint density at radius 3 is 2.91 bits per heavy atom. The number of nitrogens with zero attached hydrogens (tertiary/aromatic N) is 3. The molecule has 0 unspecified atom stereocenters. The van der Waals surface area contributed by atoms with Crippen molar-refractivity contribution in [2.45, 2.75) is 13.0 Å². The topological polar surface area (TPSA) is 68.5 Å². The summed E-state index contributed by atoms with van der Waals surface area (Å²) in [5.74, 6) is -0.286. The summed E-state index contributed by atoms with van der Waals surface area (Å²) in [5.41, 5.74) is 0.735. The van der Waals surface area contributed by atoms with Crippen LogP contribution in [0.15, 0.2) is 49.1 Å². The van der Waals surface area contributed by atoms with Crippen LogP contribution in [0.3, 0.4) is 0 Å². The van der Waals surface area contributed by atoms with Gasteiger partial charge in [0.25, 0.3) is 5.91 Å². The highest BCUT2D eigenvalue weighted by Gasteiger charge is 2.16. The van der Waals surface area contributed by atoms with Crippen LogP contribution in [0.1, 0.15) is 17.4 Å². The first-order valence-electron chi connectivity index (χ1n) is 7.10. The minimum atomic E-state index is -0.366. The van der Waals surface area contributed by atoms with Gasteiger partial charge in [-0.25, -0.2) is 14.4 Å². The number of aromatic nitrogens is 3. The highest BCUT2D eigenvalue weighted by atomic mass is 19.1. The van der Waals surface area contributed by atoms with E-state index in [0.717, 1.165) is 0 Å². The van der Waals surface area contributed by atoms with Crippen LogP contribution < -0.4 is 10.1 Å². The summed E-state index contributed by atoms with van der Waals surface area (Å²) in [7, 11) is 0. The van der Waals surface area contributed by atoms with Crippen molar-refractivity contribution >= 4 is 11.6 Å². The monoisotopic (exact) mass is 314 g/mol. The summed E-state index contributed by atoms with van der Waals surface area (Å²) in [6.07, 6.45) is 6.60. The Hall–Kier alpha value is -2.96. The fourth-order valence-electron chi connectivity index (χ4n) is 2.13. The lowest BCUT2D eigenvalue weighted by Crippen LogP contribution is -2.37. The number of hydrogen-bond acceptors (Lipinski definition) is 4. The molecule has 0 fully saturated rings. The van der Waals surface area contributed by atoms with E-state index in [9.17, 15) is 9.18 Å². The van der Waals surface area contributed by atoms with Crippen molar-refractivity contribution in [3.05, 3.63) is 60.6 Å². The SMILES string of the molecule is C[C@@H](COc1cccc(F)c1)NC(=O)c1nccn2ccnc12. The van der Waals surface area contributed by atoms with E-state index >= 15 is 0 Å². The third-order valence-electron chi connectivity index (χ3n) is 3.20. The van der Waals surface area contributed by atoms with Crippen molar-refractivity contribution < 1.29 is 13.9 Å². The number of imidazole rings is 1. The van der Waals surface area contributed by atoms with Crippen LogP contribution in [-0.4, -0.2) is 32.9 Å². The second kappa shape index (κ2) is 6.43. The molecule has 3 rings (SSSR count). The molecule has 0 spiro atoms. The number of fused-ring (bicyclic) bond motifs is 1. The second-order valence-electron chi connectivity index (χ2n) is 5.08. The lowest BCUT2D eigenvalue weighted by molar-refractivity contribution is 0.0922.